The van der Waals surface area contributed by atoms with E-state index in [1.54, 1.807) is 0 Å². The fourth-order valence-corrected chi connectivity index (χ4v) is 4.66. The molecule has 0 fully saturated rings. The highest BCUT2D eigenvalue weighted by Gasteiger charge is 2.35. The Morgan fingerprint density at radius 2 is 1.89 bits per heavy atom. The van der Waals surface area contributed by atoms with Crippen LogP contribution in [0.1, 0.15) is 36.6 Å². The third-order valence-corrected chi connectivity index (χ3v) is 5.76. The number of aryl methyl sites for hydroxylation is 2. The Labute approximate surface area is 110 Å². The van der Waals surface area contributed by atoms with Crippen LogP contribution in [-0.2, 0) is 9.84 Å². The van der Waals surface area contributed by atoms with Gasteiger partial charge in [0.05, 0.1) is 10.6 Å². The van der Waals surface area contributed by atoms with Crippen molar-refractivity contribution in [1.29, 1.82) is 0 Å². The Kier molecular flexibility index (Phi) is 3.52. The molecule has 0 saturated carbocycles. The summed E-state index contributed by atoms with van der Waals surface area (Å²) in [7, 11) is -3.12. The van der Waals surface area contributed by atoms with Gasteiger partial charge in [-0.25, -0.2) is 8.42 Å². The van der Waals surface area contributed by atoms with Crippen molar-refractivity contribution in [2.75, 3.05) is 12.3 Å². The zero-order chi connectivity index (χ0) is 13.5. The van der Waals surface area contributed by atoms with Gasteiger partial charge in [-0.1, -0.05) is 19.9 Å². The molecule has 2 atom stereocenters. The molecule has 100 valence electrons. The van der Waals surface area contributed by atoms with Crippen molar-refractivity contribution < 1.29 is 8.42 Å². The molecule has 0 spiro atoms. The van der Waals surface area contributed by atoms with E-state index in [0.717, 1.165) is 23.2 Å². The molecule has 1 aromatic carbocycles. The van der Waals surface area contributed by atoms with Crippen molar-refractivity contribution in [3.05, 3.63) is 28.8 Å². The van der Waals surface area contributed by atoms with Gasteiger partial charge in [0.1, 0.15) is 0 Å². The minimum atomic E-state index is -3.12. The van der Waals surface area contributed by atoms with Gasteiger partial charge in [-0.3, -0.25) is 0 Å². The number of fused-ring (bicyclic) bond motifs is 1. The Morgan fingerprint density at radius 3 is 2.50 bits per heavy atom. The van der Waals surface area contributed by atoms with Crippen LogP contribution in [0.25, 0.3) is 0 Å². The molecule has 0 amide bonds. The van der Waals surface area contributed by atoms with Crippen LogP contribution in [0.15, 0.2) is 17.0 Å². The molecule has 0 aromatic heterocycles. The van der Waals surface area contributed by atoms with Crippen LogP contribution in [0.2, 0.25) is 0 Å². The lowest BCUT2D eigenvalue weighted by Crippen LogP contribution is -2.36. The van der Waals surface area contributed by atoms with Crippen LogP contribution in [0.5, 0.6) is 0 Å². The first-order valence-electron chi connectivity index (χ1n) is 6.44. The number of nitrogens with one attached hydrogen (secondary N) is 1. The summed E-state index contributed by atoms with van der Waals surface area (Å²) in [5.41, 5.74) is 3.14. The van der Waals surface area contributed by atoms with Gasteiger partial charge in [-0.2, -0.15) is 0 Å². The zero-order valence-corrected chi connectivity index (χ0v) is 12.3. The number of benzene rings is 1. The highest BCUT2D eigenvalue weighted by atomic mass is 32.2. The van der Waals surface area contributed by atoms with Gasteiger partial charge in [-0.15, -0.1) is 0 Å². The molecule has 1 heterocycles. The van der Waals surface area contributed by atoms with E-state index in [1.807, 2.05) is 32.9 Å². The first kappa shape index (κ1) is 13.6. The van der Waals surface area contributed by atoms with Gasteiger partial charge in [0.2, 0.25) is 0 Å². The first-order chi connectivity index (χ1) is 8.36. The molecule has 0 saturated heterocycles. The van der Waals surface area contributed by atoms with Crippen molar-refractivity contribution in [3.63, 3.8) is 0 Å². The van der Waals surface area contributed by atoms with Crippen molar-refractivity contribution in [2.24, 2.45) is 5.92 Å². The van der Waals surface area contributed by atoms with E-state index in [1.165, 1.54) is 0 Å². The summed E-state index contributed by atoms with van der Waals surface area (Å²) in [5.74, 6) is 0.352. The summed E-state index contributed by atoms with van der Waals surface area (Å²) in [6.45, 7) is 8.90. The lowest BCUT2D eigenvalue weighted by atomic mass is 9.92. The molecule has 0 radical (unpaired) electrons. The summed E-state index contributed by atoms with van der Waals surface area (Å²) < 4.78 is 24.5. The second kappa shape index (κ2) is 4.67. The van der Waals surface area contributed by atoms with E-state index in [2.05, 4.69) is 12.2 Å². The van der Waals surface area contributed by atoms with E-state index < -0.39 is 9.84 Å². The van der Waals surface area contributed by atoms with Crippen molar-refractivity contribution in [2.45, 2.75) is 38.6 Å². The minimum Gasteiger partial charge on any atom is -0.310 e. The topological polar surface area (TPSA) is 46.2 Å². The SMILES string of the molecule is CCNC1c2cc(C)c(C)cc2S(=O)(=O)CC1C. The monoisotopic (exact) mass is 267 g/mol. The molecule has 2 rings (SSSR count). The van der Waals surface area contributed by atoms with Crippen LogP contribution in [0.3, 0.4) is 0 Å². The van der Waals surface area contributed by atoms with Crippen LogP contribution in [0, 0.1) is 19.8 Å². The number of rotatable bonds is 2. The maximum absolute atomic E-state index is 12.3. The van der Waals surface area contributed by atoms with Crippen molar-refractivity contribution in [1.82, 2.24) is 5.32 Å². The van der Waals surface area contributed by atoms with E-state index in [-0.39, 0.29) is 17.7 Å². The normalized spacial score (nSPS) is 25.8. The van der Waals surface area contributed by atoms with E-state index >= 15 is 0 Å². The summed E-state index contributed by atoms with van der Waals surface area (Å²) in [5, 5.41) is 3.41. The lowest BCUT2D eigenvalue weighted by molar-refractivity contribution is 0.403. The Bertz CT molecular complexity index is 563. The molecule has 1 aliphatic heterocycles. The second-order valence-electron chi connectivity index (χ2n) is 5.27. The van der Waals surface area contributed by atoms with Crippen LogP contribution in [-0.4, -0.2) is 20.7 Å². The van der Waals surface area contributed by atoms with Gasteiger partial charge in [0, 0.05) is 6.04 Å². The highest BCUT2D eigenvalue weighted by Crippen LogP contribution is 2.37. The van der Waals surface area contributed by atoms with E-state index in [0.29, 0.717) is 4.90 Å². The molecular formula is C14H21NO2S. The Balaban J connectivity index is 2.65. The number of sulfone groups is 1. The molecule has 1 aromatic rings. The molecule has 0 bridgehead atoms. The van der Waals surface area contributed by atoms with Gasteiger partial charge in [0.25, 0.3) is 0 Å². The maximum atomic E-state index is 12.3. The molecule has 1 aliphatic rings. The van der Waals surface area contributed by atoms with Gasteiger partial charge < -0.3 is 5.32 Å². The molecule has 1 N–H and O–H groups in total. The average Bonchev–Trinajstić information content (AvgIpc) is 2.26. The second-order valence-corrected chi connectivity index (χ2v) is 7.27. The lowest BCUT2D eigenvalue weighted by Gasteiger charge is -2.32. The predicted molar refractivity (Wildman–Crippen MR) is 73.6 cm³/mol. The summed E-state index contributed by atoms with van der Waals surface area (Å²) in [6.07, 6.45) is 0. The highest BCUT2D eigenvalue weighted by molar-refractivity contribution is 7.91. The largest absolute Gasteiger partial charge is 0.310 e. The van der Waals surface area contributed by atoms with Crippen LogP contribution >= 0.6 is 0 Å². The summed E-state index contributed by atoms with van der Waals surface area (Å²) >= 11 is 0. The molecule has 18 heavy (non-hydrogen) atoms. The third-order valence-electron chi connectivity index (χ3n) is 3.77. The Morgan fingerprint density at radius 1 is 1.28 bits per heavy atom. The predicted octanol–water partition coefficient (Wildman–Crippen LogP) is 2.38. The van der Waals surface area contributed by atoms with Gasteiger partial charge in [-0.05, 0) is 49.1 Å². The zero-order valence-electron chi connectivity index (χ0n) is 11.4. The smallest absolute Gasteiger partial charge is 0.179 e. The molecule has 2 unspecified atom stereocenters. The standard InChI is InChI=1S/C14H21NO2S/c1-5-15-14-11(4)8-18(16,17)13-7-10(3)9(2)6-12(13)14/h6-7,11,14-15H,5,8H2,1-4H3. The minimum absolute atomic E-state index is 0.115. The summed E-state index contributed by atoms with van der Waals surface area (Å²) in [6, 6.07) is 4.01. The fourth-order valence-electron chi connectivity index (χ4n) is 2.69. The molecule has 3 nitrogen and oxygen atoms in total. The summed E-state index contributed by atoms with van der Waals surface area (Å²) in [4.78, 5) is 0.523. The van der Waals surface area contributed by atoms with Crippen LogP contribution < -0.4 is 5.32 Å². The van der Waals surface area contributed by atoms with Crippen molar-refractivity contribution in [3.8, 4) is 0 Å². The number of hydrogen-bond donors (Lipinski definition) is 1. The van der Waals surface area contributed by atoms with Crippen LogP contribution in [0.4, 0.5) is 0 Å². The third kappa shape index (κ3) is 2.19. The van der Waals surface area contributed by atoms with Gasteiger partial charge >= 0.3 is 0 Å². The van der Waals surface area contributed by atoms with Gasteiger partial charge in [0.15, 0.2) is 9.84 Å². The van der Waals surface area contributed by atoms with Crippen molar-refractivity contribution >= 4 is 9.84 Å². The molecule has 4 heteroatoms. The average molecular weight is 267 g/mol. The first-order valence-corrected chi connectivity index (χ1v) is 8.09. The maximum Gasteiger partial charge on any atom is 0.179 e. The molecular weight excluding hydrogens is 246 g/mol. The fraction of sp³-hybridized carbons (Fsp3) is 0.571. The molecule has 0 aliphatic carbocycles. The quantitative estimate of drug-likeness (QED) is 0.895. The Hall–Kier alpha value is -0.870. The van der Waals surface area contributed by atoms with E-state index in [9.17, 15) is 8.42 Å². The number of hydrogen-bond acceptors (Lipinski definition) is 3. The van der Waals surface area contributed by atoms with E-state index in [4.69, 9.17) is 0 Å².